The molecular formula is C17H23N3O4. The van der Waals surface area contributed by atoms with Gasteiger partial charge in [0.25, 0.3) is 5.69 Å². The molecule has 0 bridgehead atoms. The van der Waals surface area contributed by atoms with E-state index in [0.29, 0.717) is 19.5 Å². The van der Waals surface area contributed by atoms with Gasteiger partial charge in [-0.05, 0) is 37.4 Å². The largest absolute Gasteiger partial charge is 0.396 e. The van der Waals surface area contributed by atoms with E-state index in [-0.39, 0.29) is 23.6 Å². The monoisotopic (exact) mass is 333 g/mol. The summed E-state index contributed by atoms with van der Waals surface area (Å²) in [5.74, 6) is 0.0183. The van der Waals surface area contributed by atoms with Crippen LogP contribution in [0.3, 0.4) is 0 Å². The molecule has 0 saturated carbocycles. The smallest absolute Gasteiger partial charge is 0.269 e. The van der Waals surface area contributed by atoms with Gasteiger partial charge in [0.05, 0.1) is 11.5 Å². The number of nitro groups is 1. The fraction of sp³-hybridized carbons (Fsp3) is 0.588. The lowest BCUT2D eigenvalue weighted by Crippen LogP contribution is -2.48. The van der Waals surface area contributed by atoms with Crippen molar-refractivity contribution >= 4 is 17.3 Å². The molecule has 1 aromatic carbocycles. The number of hydrogen-bond acceptors (Lipinski definition) is 5. The molecular weight excluding hydrogens is 310 g/mol. The van der Waals surface area contributed by atoms with E-state index in [1.807, 2.05) is 6.92 Å². The van der Waals surface area contributed by atoms with Gasteiger partial charge in [-0.25, -0.2) is 0 Å². The Labute approximate surface area is 141 Å². The van der Waals surface area contributed by atoms with Gasteiger partial charge >= 0.3 is 0 Å². The maximum Gasteiger partial charge on any atom is 0.269 e. The lowest BCUT2D eigenvalue weighted by molar-refractivity contribution is -0.384. The van der Waals surface area contributed by atoms with Crippen LogP contribution in [0.4, 0.5) is 11.4 Å². The van der Waals surface area contributed by atoms with Gasteiger partial charge in [-0.3, -0.25) is 19.8 Å². The summed E-state index contributed by atoms with van der Waals surface area (Å²) < 4.78 is 0. The highest BCUT2D eigenvalue weighted by atomic mass is 16.6. The first-order valence-corrected chi connectivity index (χ1v) is 8.33. The fourth-order valence-corrected chi connectivity index (χ4v) is 3.73. The first-order chi connectivity index (χ1) is 11.4. The number of carbonyl (C=O) groups excluding carboxylic acids is 1. The van der Waals surface area contributed by atoms with Gasteiger partial charge < -0.3 is 10.0 Å². The molecule has 1 fully saturated rings. The van der Waals surface area contributed by atoms with Crippen molar-refractivity contribution in [3.8, 4) is 0 Å². The molecule has 0 radical (unpaired) electrons. The molecule has 1 amide bonds. The molecule has 1 N–H and O–H groups in total. The topological polar surface area (TPSA) is 86.9 Å². The van der Waals surface area contributed by atoms with E-state index in [2.05, 4.69) is 4.90 Å². The molecule has 2 aliphatic rings. The summed E-state index contributed by atoms with van der Waals surface area (Å²) in [6.07, 6.45) is 2.61. The highest BCUT2D eigenvalue weighted by Gasteiger charge is 2.33. The second kappa shape index (κ2) is 6.49. The third kappa shape index (κ3) is 3.27. The number of piperidine rings is 1. The third-order valence-electron chi connectivity index (χ3n) is 5.07. The average Bonchev–Trinajstić information content (AvgIpc) is 2.98. The van der Waals surface area contributed by atoms with E-state index in [1.54, 1.807) is 17.0 Å². The molecule has 2 heterocycles. The minimum absolute atomic E-state index is 0.0183. The number of hydrogen-bond donors (Lipinski definition) is 1. The van der Waals surface area contributed by atoms with Crippen molar-refractivity contribution in [3.05, 3.63) is 33.9 Å². The van der Waals surface area contributed by atoms with Crippen molar-refractivity contribution in [1.82, 2.24) is 4.90 Å². The molecule has 130 valence electrons. The van der Waals surface area contributed by atoms with Crippen molar-refractivity contribution in [2.75, 3.05) is 37.7 Å². The van der Waals surface area contributed by atoms with Crippen LogP contribution < -0.4 is 4.90 Å². The first kappa shape index (κ1) is 16.9. The lowest BCUT2D eigenvalue weighted by Gasteiger charge is -2.39. The maximum absolute atomic E-state index is 12.7. The number of aliphatic hydroxyl groups excluding tert-OH is 1. The Morgan fingerprint density at radius 1 is 1.42 bits per heavy atom. The Hall–Kier alpha value is -1.99. The summed E-state index contributed by atoms with van der Waals surface area (Å²) >= 11 is 0. The summed E-state index contributed by atoms with van der Waals surface area (Å²) in [4.78, 5) is 27.0. The average molecular weight is 333 g/mol. The van der Waals surface area contributed by atoms with Gasteiger partial charge in [0, 0.05) is 42.9 Å². The number of aliphatic hydroxyl groups is 1. The second-order valence-electron chi connectivity index (χ2n) is 7.15. The zero-order valence-electron chi connectivity index (χ0n) is 13.9. The number of amides is 1. The number of fused-ring (bicyclic) bond motifs is 1. The predicted molar refractivity (Wildman–Crippen MR) is 90.0 cm³/mol. The number of carbonyl (C=O) groups is 1. The SMILES string of the molecule is CC1(CO)CCCN(CC(=O)N2CCc3cc([N+](=O)[O-])ccc32)C1. The number of likely N-dealkylation sites (tertiary alicyclic amines) is 1. The van der Waals surface area contributed by atoms with E-state index in [1.165, 1.54) is 6.07 Å². The van der Waals surface area contributed by atoms with E-state index >= 15 is 0 Å². The van der Waals surface area contributed by atoms with Gasteiger partial charge in [-0.15, -0.1) is 0 Å². The maximum atomic E-state index is 12.7. The Balaban J connectivity index is 1.68. The molecule has 0 aliphatic carbocycles. The van der Waals surface area contributed by atoms with E-state index in [0.717, 1.165) is 37.2 Å². The van der Waals surface area contributed by atoms with Crippen LogP contribution in [-0.4, -0.2) is 53.6 Å². The molecule has 1 atom stereocenters. The lowest BCUT2D eigenvalue weighted by atomic mass is 9.83. The van der Waals surface area contributed by atoms with Crippen molar-refractivity contribution < 1.29 is 14.8 Å². The van der Waals surface area contributed by atoms with E-state index in [9.17, 15) is 20.0 Å². The quantitative estimate of drug-likeness (QED) is 0.668. The fourth-order valence-electron chi connectivity index (χ4n) is 3.73. The summed E-state index contributed by atoms with van der Waals surface area (Å²) in [5, 5.41) is 20.4. The Morgan fingerprint density at radius 3 is 2.92 bits per heavy atom. The first-order valence-electron chi connectivity index (χ1n) is 8.33. The second-order valence-corrected chi connectivity index (χ2v) is 7.15. The van der Waals surface area contributed by atoms with E-state index in [4.69, 9.17) is 0 Å². The highest BCUT2D eigenvalue weighted by molar-refractivity contribution is 5.97. The third-order valence-corrected chi connectivity index (χ3v) is 5.07. The van der Waals surface area contributed by atoms with Crippen molar-refractivity contribution in [3.63, 3.8) is 0 Å². The number of rotatable bonds is 4. The molecule has 7 heteroatoms. The van der Waals surface area contributed by atoms with Crippen LogP contribution >= 0.6 is 0 Å². The Morgan fingerprint density at radius 2 is 2.21 bits per heavy atom. The molecule has 0 aromatic heterocycles. The molecule has 24 heavy (non-hydrogen) atoms. The zero-order chi connectivity index (χ0) is 17.3. The standard InChI is InChI=1S/C17H23N3O4/c1-17(12-21)6-2-7-18(11-17)10-16(22)19-8-5-13-9-14(20(23)24)3-4-15(13)19/h3-4,9,21H,2,5-8,10-12H2,1H3. The highest BCUT2D eigenvalue weighted by Crippen LogP contribution is 2.32. The van der Waals surface area contributed by atoms with Crippen LogP contribution in [0.2, 0.25) is 0 Å². The number of nitro benzene ring substituents is 1. The van der Waals surface area contributed by atoms with Crippen molar-refractivity contribution in [2.24, 2.45) is 5.41 Å². The van der Waals surface area contributed by atoms with Crippen LogP contribution in [0.25, 0.3) is 0 Å². The van der Waals surface area contributed by atoms with Gasteiger partial charge in [0.15, 0.2) is 0 Å². The van der Waals surface area contributed by atoms with Gasteiger partial charge in [0.1, 0.15) is 0 Å². The van der Waals surface area contributed by atoms with Crippen LogP contribution in [0.1, 0.15) is 25.3 Å². The van der Waals surface area contributed by atoms with Crippen LogP contribution in [0.15, 0.2) is 18.2 Å². The van der Waals surface area contributed by atoms with E-state index < -0.39 is 4.92 Å². The molecule has 1 aromatic rings. The zero-order valence-corrected chi connectivity index (χ0v) is 13.9. The number of benzene rings is 1. The van der Waals surface area contributed by atoms with Gasteiger partial charge in [-0.1, -0.05) is 6.92 Å². The van der Waals surface area contributed by atoms with Gasteiger partial charge in [-0.2, -0.15) is 0 Å². The minimum Gasteiger partial charge on any atom is -0.396 e. The number of non-ortho nitro benzene ring substituents is 1. The van der Waals surface area contributed by atoms with Crippen LogP contribution in [0, 0.1) is 15.5 Å². The molecule has 1 unspecified atom stereocenters. The summed E-state index contributed by atoms with van der Waals surface area (Å²) in [7, 11) is 0. The Bertz CT molecular complexity index is 663. The Kier molecular flexibility index (Phi) is 4.56. The molecule has 2 aliphatic heterocycles. The number of nitrogens with zero attached hydrogens (tertiary/aromatic N) is 3. The predicted octanol–water partition coefficient (Wildman–Crippen LogP) is 1.58. The normalized spacial score (nSPS) is 24.0. The molecule has 0 spiro atoms. The summed E-state index contributed by atoms with van der Waals surface area (Å²) in [5.41, 5.74) is 1.57. The molecule has 1 saturated heterocycles. The molecule has 7 nitrogen and oxygen atoms in total. The summed E-state index contributed by atoms with van der Waals surface area (Å²) in [6.45, 7) is 4.66. The number of anilines is 1. The minimum atomic E-state index is -0.409. The summed E-state index contributed by atoms with van der Waals surface area (Å²) in [6, 6.07) is 4.69. The van der Waals surface area contributed by atoms with Gasteiger partial charge in [0.2, 0.25) is 5.91 Å². The van der Waals surface area contributed by atoms with Crippen LogP contribution in [-0.2, 0) is 11.2 Å². The molecule has 3 rings (SSSR count). The van der Waals surface area contributed by atoms with Crippen molar-refractivity contribution in [2.45, 2.75) is 26.2 Å². The van der Waals surface area contributed by atoms with Crippen LogP contribution in [0.5, 0.6) is 0 Å². The van der Waals surface area contributed by atoms with Crippen molar-refractivity contribution in [1.29, 1.82) is 0 Å².